The fraction of sp³-hybridized carbons (Fsp3) is 0.562. The minimum Gasteiger partial charge on any atom is -0.381 e. The van der Waals surface area contributed by atoms with Crippen molar-refractivity contribution in [3.63, 3.8) is 0 Å². The van der Waals surface area contributed by atoms with Gasteiger partial charge in [0, 0.05) is 33.2 Å². The third-order valence-corrected chi connectivity index (χ3v) is 5.87. The van der Waals surface area contributed by atoms with Gasteiger partial charge in [0.25, 0.3) is 9.84 Å². The van der Waals surface area contributed by atoms with Crippen LogP contribution in [-0.2, 0) is 14.6 Å². The highest BCUT2D eigenvalue weighted by atomic mass is 32.2. The molecule has 1 heterocycles. The molecule has 11 heteroatoms. The van der Waals surface area contributed by atoms with Crippen LogP contribution in [0.3, 0.4) is 0 Å². The Morgan fingerprint density at radius 2 is 1.85 bits per heavy atom. The third kappa shape index (κ3) is 5.10. The summed E-state index contributed by atoms with van der Waals surface area (Å²) in [6, 6.07) is 1.98. The highest BCUT2D eigenvalue weighted by molar-refractivity contribution is 7.92. The van der Waals surface area contributed by atoms with Crippen molar-refractivity contribution in [1.82, 2.24) is 9.80 Å². The van der Waals surface area contributed by atoms with Crippen LogP contribution in [0.5, 0.6) is 0 Å². The maximum atomic E-state index is 13.4. The highest BCUT2D eigenvalue weighted by Gasteiger charge is 2.48. The number of piperidine rings is 1. The molecule has 0 spiro atoms. The number of likely N-dealkylation sites (N-methyl/N-ethyl adjacent to an activating group) is 1. The van der Waals surface area contributed by atoms with Crippen LogP contribution in [0.25, 0.3) is 0 Å². The van der Waals surface area contributed by atoms with E-state index in [0.29, 0.717) is 32.0 Å². The molecule has 1 amide bonds. The van der Waals surface area contributed by atoms with E-state index in [0.717, 1.165) is 12.1 Å². The summed E-state index contributed by atoms with van der Waals surface area (Å²) in [6.07, 6.45) is 1.01. The first-order valence-electron chi connectivity index (χ1n) is 8.22. The lowest BCUT2D eigenvalue weighted by atomic mass is 10.0. The van der Waals surface area contributed by atoms with Gasteiger partial charge in [-0.1, -0.05) is 0 Å². The number of anilines is 1. The fourth-order valence-electron chi connectivity index (χ4n) is 2.75. The van der Waals surface area contributed by atoms with Gasteiger partial charge in [-0.3, -0.25) is 9.69 Å². The number of sulfone groups is 1. The van der Waals surface area contributed by atoms with E-state index in [4.69, 9.17) is 0 Å². The third-order valence-electron chi connectivity index (χ3n) is 4.34. The van der Waals surface area contributed by atoms with Gasteiger partial charge < -0.3 is 10.2 Å². The molecule has 0 unspecified atom stereocenters. The number of carbonyl (C=O) groups is 1. The van der Waals surface area contributed by atoms with Gasteiger partial charge in [0.2, 0.25) is 5.91 Å². The number of alkyl halides is 3. The average Bonchev–Trinajstić information content (AvgIpc) is 2.57. The second-order valence-corrected chi connectivity index (χ2v) is 8.48. The molecule has 1 aromatic carbocycles. The van der Waals surface area contributed by atoms with E-state index in [1.807, 2.05) is 4.90 Å². The highest BCUT2D eigenvalue weighted by Crippen LogP contribution is 2.35. The van der Waals surface area contributed by atoms with Crippen molar-refractivity contribution in [1.29, 1.82) is 0 Å². The number of benzene rings is 1. The molecule has 1 fully saturated rings. The first-order valence-corrected chi connectivity index (χ1v) is 9.70. The van der Waals surface area contributed by atoms with Crippen LogP contribution in [-0.4, -0.2) is 69.4 Å². The molecule has 1 N–H and O–H groups in total. The Kier molecular flexibility index (Phi) is 6.35. The number of nitrogens with one attached hydrogen (secondary N) is 1. The van der Waals surface area contributed by atoms with E-state index >= 15 is 0 Å². The Morgan fingerprint density at radius 3 is 2.37 bits per heavy atom. The van der Waals surface area contributed by atoms with Crippen molar-refractivity contribution in [3.05, 3.63) is 24.0 Å². The lowest BCUT2D eigenvalue weighted by Gasteiger charge is -2.33. The minimum absolute atomic E-state index is 0.0569. The zero-order valence-electron chi connectivity index (χ0n) is 14.9. The summed E-state index contributed by atoms with van der Waals surface area (Å²) < 4.78 is 75.4. The molecule has 0 atom stereocenters. The van der Waals surface area contributed by atoms with Gasteiger partial charge in [-0.15, -0.1) is 0 Å². The second-order valence-electron chi connectivity index (χ2n) is 6.57. The summed E-state index contributed by atoms with van der Waals surface area (Å²) in [5.74, 6) is -1.13. The lowest BCUT2D eigenvalue weighted by molar-refractivity contribution is -0.130. The molecule has 0 bridgehead atoms. The minimum atomic E-state index is -5.68. The van der Waals surface area contributed by atoms with Crippen molar-refractivity contribution < 1.29 is 30.8 Å². The number of halogens is 4. The molecular weight excluding hydrogens is 390 g/mol. The normalized spacial score (nSPS) is 17.0. The first kappa shape index (κ1) is 21.4. The van der Waals surface area contributed by atoms with Crippen LogP contribution >= 0.6 is 0 Å². The number of amides is 1. The largest absolute Gasteiger partial charge is 0.501 e. The van der Waals surface area contributed by atoms with E-state index in [1.54, 1.807) is 14.1 Å². The van der Waals surface area contributed by atoms with Gasteiger partial charge in [0.15, 0.2) is 0 Å². The number of carbonyl (C=O) groups excluding carboxylic acids is 1. The molecule has 2 rings (SSSR count). The predicted molar refractivity (Wildman–Crippen MR) is 91.4 cm³/mol. The maximum absolute atomic E-state index is 13.4. The molecule has 1 aliphatic heterocycles. The van der Waals surface area contributed by atoms with E-state index < -0.39 is 26.1 Å². The molecule has 0 radical (unpaired) electrons. The SMILES string of the molecule is CN(C)C(=O)CN1CCC(Nc2ccc(F)cc2S(=O)(=O)C(F)(F)F)CC1. The zero-order chi connectivity index (χ0) is 20.4. The van der Waals surface area contributed by atoms with Gasteiger partial charge in [0.05, 0.1) is 12.2 Å². The Balaban J connectivity index is 2.11. The Labute approximate surface area is 155 Å². The maximum Gasteiger partial charge on any atom is 0.501 e. The first-order chi connectivity index (χ1) is 12.4. The Hall–Kier alpha value is -1.88. The van der Waals surface area contributed by atoms with E-state index in [2.05, 4.69) is 5.32 Å². The van der Waals surface area contributed by atoms with Crippen LogP contribution in [0.4, 0.5) is 23.2 Å². The van der Waals surface area contributed by atoms with Crippen LogP contribution in [0.1, 0.15) is 12.8 Å². The summed E-state index contributed by atoms with van der Waals surface area (Å²) >= 11 is 0. The molecule has 1 saturated heterocycles. The number of nitrogens with zero attached hydrogens (tertiary/aromatic N) is 2. The van der Waals surface area contributed by atoms with Gasteiger partial charge >= 0.3 is 5.51 Å². The molecular formula is C16H21F4N3O3S. The van der Waals surface area contributed by atoms with Crippen molar-refractivity contribution >= 4 is 21.4 Å². The molecule has 1 aliphatic rings. The molecule has 152 valence electrons. The second kappa shape index (κ2) is 8.01. The Bertz CT molecular complexity index is 789. The quantitative estimate of drug-likeness (QED) is 0.752. The number of hydrogen-bond acceptors (Lipinski definition) is 5. The van der Waals surface area contributed by atoms with Crippen LogP contribution < -0.4 is 5.32 Å². The lowest BCUT2D eigenvalue weighted by Crippen LogP contribution is -2.44. The van der Waals surface area contributed by atoms with Crippen LogP contribution in [0.2, 0.25) is 0 Å². The number of likely N-dealkylation sites (tertiary alicyclic amines) is 1. The standard InChI is InChI=1S/C16H21F4N3O3S/c1-22(2)15(24)10-23-7-5-12(6-8-23)21-13-4-3-11(17)9-14(13)27(25,26)16(18,19)20/h3-4,9,12,21H,5-8,10H2,1-2H3. The molecule has 6 nitrogen and oxygen atoms in total. The predicted octanol–water partition coefficient (Wildman–Crippen LogP) is 2.08. The van der Waals surface area contributed by atoms with Crippen LogP contribution in [0, 0.1) is 5.82 Å². The van der Waals surface area contributed by atoms with Gasteiger partial charge in [-0.2, -0.15) is 13.2 Å². The molecule has 1 aromatic rings. The average molecular weight is 411 g/mol. The number of rotatable bonds is 5. The summed E-state index contributed by atoms with van der Waals surface area (Å²) in [6.45, 7) is 1.30. The van der Waals surface area contributed by atoms with Crippen LogP contribution in [0.15, 0.2) is 23.1 Å². The molecule has 0 aliphatic carbocycles. The molecule has 27 heavy (non-hydrogen) atoms. The van der Waals surface area contributed by atoms with Crippen molar-refractivity contribution in [2.45, 2.75) is 29.3 Å². The number of hydrogen-bond donors (Lipinski definition) is 1. The van der Waals surface area contributed by atoms with Gasteiger partial charge in [0.1, 0.15) is 10.7 Å². The summed E-state index contributed by atoms with van der Waals surface area (Å²) in [4.78, 5) is 14.0. The zero-order valence-corrected chi connectivity index (χ0v) is 15.7. The van der Waals surface area contributed by atoms with Crippen molar-refractivity contribution in [3.8, 4) is 0 Å². The summed E-state index contributed by atoms with van der Waals surface area (Å²) in [7, 11) is -2.39. The van der Waals surface area contributed by atoms with E-state index in [-0.39, 0.29) is 24.2 Å². The monoisotopic (exact) mass is 411 g/mol. The van der Waals surface area contributed by atoms with Gasteiger partial charge in [-0.25, -0.2) is 12.8 Å². The summed E-state index contributed by atoms with van der Waals surface area (Å²) in [5.41, 5.74) is -5.80. The smallest absolute Gasteiger partial charge is 0.381 e. The molecule has 0 aromatic heterocycles. The van der Waals surface area contributed by atoms with E-state index in [1.165, 1.54) is 4.90 Å². The molecule has 0 saturated carbocycles. The Morgan fingerprint density at radius 1 is 1.26 bits per heavy atom. The van der Waals surface area contributed by atoms with Gasteiger partial charge in [-0.05, 0) is 31.0 Å². The summed E-state index contributed by atoms with van der Waals surface area (Å²) in [5, 5.41) is 2.78. The fourth-order valence-corrected chi connectivity index (χ4v) is 3.68. The van der Waals surface area contributed by atoms with E-state index in [9.17, 15) is 30.8 Å². The van der Waals surface area contributed by atoms with Crippen molar-refractivity contribution in [2.75, 3.05) is 39.0 Å². The topological polar surface area (TPSA) is 69.7 Å². The van der Waals surface area contributed by atoms with Crippen molar-refractivity contribution in [2.24, 2.45) is 0 Å².